The van der Waals surface area contributed by atoms with E-state index in [1.807, 2.05) is 0 Å². The summed E-state index contributed by atoms with van der Waals surface area (Å²) in [6, 6.07) is -1.01. The Balaban J connectivity index is 3.73. The number of carbonyl (C=O) groups excluding carboxylic acids is 1. The molecule has 5 N–H and O–H groups in total. The van der Waals surface area contributed by atoms with Gasteiger partial charge >= 0.3 is 0 Å². The zero-order chi connectivity index (χ0) is 40.3. The zero-order valence-corrected chi connectivity index (χ0v) is 36.2. The summed E-state index contributed by atoms with van der Waals surface area (Å²) in [5, 5.41) is 43.6. The maximum Gasteiger partial charge on any atom is 0.249 e. The maximum absolute atomic E-state index is 12.5. The molecule has 6 heteroatoms. The fraction of sp³-hybridized carbons (Fsp3) is 0.816. The first-order valence-corrected chi connectivity index (χ1v) is 23.5. The van der Waals surface area contributed by atoms with Gasteiger partial charge in [-0.05, 0) is 83.5 Å². The second-order valence-electron chi connectivity index (χ2n) is 16.1. The molecule has 0 aliphatic heterocycles. The van der Waals surface area contributed by atoms with Crippen molar-refractivity contribution in [3.63, 3.8) is 0 Å². The molecule has 0 aromatic rings. The van der Waals surface area contributed by atoms with Gasteiger partial charge in [0, 0.05) is 0 Å². The van der Waals surface area contributed by atoms with Crippen LogP contribution in [-0.4, -0.2) is 57.3 Å². The second kappa shape index (κ2) is 43.4. The van der Waals surface area contributed by atoms with E-state index in [1.165, 1.54) is 141 Å². The van der Waals surface area contributed by atoms with Crippen molar-refractivity contribution in [3.8, 4) is 0 Å². The van der Waals surface area contributed by atoms with Crippen molar-refractivity contribution in [1.82, 2.24) is 5.32 Å². The van der Waals surface area contributed by atoms with Crippen LogP contribution in [0, 0.1) is 0 Å². The van der Waals surface area contributed by atoms with Crippen molar-refractivity contribution in [2.24, 2.45) is 0 Å². The first kappa shape index (κ1) is 53.3. The van der Waals surface area contributed by atoms with Crippen molar-refractivity contribution < 1.29 is 25.2 Å². The largest absolute Gasteiger partial charge is 0.394 e. The van der Waals surface area contributed by atoms with Crippen LogP contribution in [0.3, 0.4) is 0 Å². The molecule has 0 aliphatic carbocycles. The molecular formula is C49H91NO5. The van der Waals surface area contributed by atoms with Gasteiger partial charge in [0.25, 0.3) is 0 Å². The number of rotatable bonds is 42. The van der Waals surface area contributed by atoms with Crippen LogP contribution in [0.4, 0.5) is 0 Å². The van der Waals surface area contributed by atoms with Gasteiger partial charge in [0.15, 0.2) is 0 Å². The molecule has 0 fully saturated rings. The van der Waals surface area contributed by atoms with Crippen LogP contribution in [0.15, 0.2) is 48.6 Å². The van der Waals surface area contributed by atoms with E-state index in [2.05, 4.69) is 67.8 Å². The minimum Gasteiger partial charge on any atom is -0.394 e. The number of aliphatic hydroxyl groups excluding tert-OH is 4. The third-order valence-corrected chi connectivity index (χ3v) is 10.7. The first-order chi connectivity index (χ1) is 27.0. The summed E-state index contributed by atoms with van der Waals surface area (Å²) < 4.78 is 0. The normalized spacial score (nSPS) is 14.5. The molecule has 0 saturated heterocycles. The van der Waals surface area contributed by atoms with Crippen LogP contribution in [0.2, 0.25) is 0 Å². The molecule has 0 aromatic carbocycles. The Hall–Kier alpha value is -1.73. The molecule has 0 rings (SSSR count). The van der Waals surface area contributed by atoms with E-state index >= 15 is 0 Å². The standard InChI is InChI=1S/C49H91NO5/c1-3-5-7-9-11-13-15-17-18-19-20-21-22-23-24-25-26-27-28-29-31-33-35-37-39-41-43-47(53)49(55)50-45(44-51)48(54)46(52)42-40-38-36-34-32-30-16-14-12-10-8-6-4-2/h14,16,20-21,23-24,34,36,45-48,51-54H,3-13,15,17-19,22,25-33,35,37-44H2,1-2H3,(H,50,55)/b16-14+,21-20-,24-23-,36-34+. The summed E-state index contributed by atoms with van der Waals surface area (Å²) in [6.07, 6.45) is 53.0. The average Bonchev–Trinajstić information content (AvgIpc) is 3.19. The summed E-state index contributed by atoms with van der Waals surface area (Å²) in [5.41, 5.74) is 0. The number of carbonyl (C=O) groups is 1. The predicted molar refractivity (Wildman–Crippen MR) is 237 cm³/mol. The molecule has 0 saturated carbocycles. The lowest BCUT2D eigenvalue weighted by atomic mass is 10.00. The molecule has 0 radical (unpaired) electrons. The van der Waals surface area contributed by atoms with Crippen molar-refractivity contribution in [2.45, 2.75) is 250 Å². The van der Waals surface area contributed by atoms with E-state index in [1.54, 1.807) is 0 Å². The Kier molecular flexibility index (Phi) is 42.0. The van der Waals surface area contributed by atoms with E-state index in [0.29, 0.717) is 19.3 Å². The van der Waals surface area contributed by atoms with Gasteiger partial charge in [-0.2, -0.15) is 0 Å². The minimum atomic E-state index is -1.29. The Labute approximate surface area is 340 Å². The third kappa shape index (κ3) is 37.6. The third-order valence-electron chi connectivity index (χ3n) is 10.7. The zero-order valence-electron chi connectivity index (χ0n) is 36.2. The van der Waals surface area contributed by atoms with Gasteiger partial charge in [0.1, 0.15) is 12.2 Å². The highest BCUT2D eigenvalue weighted by molar-refractivity contribution is 5.80. The number of allylic oxidation sites excluding steroid dienone is 8. The van der Waals surface area contributed by atoms with Crippen molar-refractivity contribution in [2.75, 3.05) is 6.61 Å². The predicted octanol–water partition coefficient (Wildman–Crippen LogP) is 12.7. The van der Waals surface area contributed by atoms with E-state index in [0.717, 1.165) is 51.4 Å². The van der Waals surface area contributed by atoms with Gasteiger partial charge < -0.3 is 25.7 Å². The molecule has 6 nitrogen and oxygen atoms in total. The molecule has 0 aliphatic rings. The topological polar surface area (TPSA) is 110 Å². The molecule has 55 heavy (non-hydrogen) atoms. The van der Waals surface area contributed by atoms with E-state index in [-0.39, 0.29) is 0 Å². The molecule has 1 amide bonds. The SMILES string of the molecule is CCCCCC/C=C/CC/C=C/CCCC(O)C(O)C(CO)NC(=O)C(O)CCCCCCCCCCCC/C=C\C/C=C\CCCCCCCCCCC. The quantitative estimate of drug-likeness (QED) is 0.0313. The van der Waals surface area contributed by atoms with Crippen LogP contribution in [0.1, 0.15) is 226 Å². The van der Waals surface area contributed by atoms with Crippen molar-refractivity contribution >= 4 is 5.91 Å². The monoisotopic (exact) mass is 774 g/mol. The Morgan fingerprint density at radius 3 is 1.27 bits per heavy atom. The summed E-state index contributed by atoms with van der Waals surface area (Å²) in [4.78, 5) is 12.5. The molecule has 0 aromatic heterocycles. The van der Waals surface area contributed by atoms with Gasteiger partial charge in [-0.25, -0.2) is 0 Å². The molecule has 322 valence electrons. The average molecular weight is 774 g/mol. The number of amides is 1. The number of unbranched alkanes of at least 4 members (excludes halogenated alkanes) is 25. The van der Waals surface area contributed by atoms with Crippen LogP contribution in [0.25, 0.3) is 0 Å². The highest BCUT2D eigenvalue weighted by atomic mass is 16.3. The Morgan fingerprint density at radius 1 is 0.455 bits per heavy atom. The van der Waals surface area contributed by atoms with Gasteiger partial charge in [0.2, 0.25) is 5.91 Å². The Bertz CT molecular complexity index is 915. The number of hydrogen-bond acceptors (Lipinski definition) is 5. The van der Waals surface area contributed by atoms with Crippen LogP contribution >= 0.6 is 0 Å². The van der Waals surface area contributed by atoms with Crippen LogP contribution in [0.5, 0.6) is 0 Å². The molecule has 0 bridgehead atoms. The van der Waals surface area contributed by atoms with Crippen molar-refractivity contribution in [3.05, 3.63) is 48.6 Å². The fourth-order valence-corrected chi connectivity index (χ4v) is 6.98. The maximum atomic E-state index is 12.5. The minimum absolute atomic E-state index is 0.355. The number of hydrogen-bond donors (Lipinski definition) is 5. The number of nitrogens with one attached hydrogen (secondary N) is 1. The molecule has 0 heterocycles. The van der Waals surface area contributed by atoms with Gasteiger partial charge in [0.05, 0.1) is 18.8 Å². The van der Waals surface area contributed by atoms with Gasteiger partial charge in [-0.15, -0.1) is 0 Å². The van der Waals surface area contributed by atoms with Crippen LogP contribution in [-0.2, 0) is 4.79 Å². The molecule has 4 unspecified atom stereocenters. The van der Waals surface area contributed by atoms with Crippen molar-refractivity contribution in [1.29, 1.82) is 0 Å². The number of aliphatic hydroxyl groups is 4. The smallest absolute Gasteiger partial charge is 0.249 e. The summed E-state index contributed by atoms with van der Waals surface area (Å²) in [5.74, 6) is -0.602. The summed E-state index contributed by atoms with van der Waals surface area (Å²) in [7, 11) is 0. The molecule has 0 spiro atoms. The summed E-state index contributed by atoms with van der Waals surface area (Å²) >= 11 is 0. The lowest BCUT2D eigenvalue weighted by Crippen LogP contribution is -2.53. The van der Waals surface area contributed by atoms with E-state index in [9.17, 15) is 25.2 Å². The highest BCUT2D eigenvalue weighted by Crippen LogP contribution is 2.15. The van der Waals surface area contributed by atoms with Gasteiger partial charge in [-0.1, -0.05) is 191 Å². The first-order valence-electron chi connectivity index (χ1n) is 23.5. The van der Waals surface area contributed by atoms with Crippen LogP contribution < -0.4 is 5.32 Å². The second-order valence-corrected chi connectivity index (χ2v) is 16.1. The fourth-order valence-electron chi connectivity index (χ4n) is 6.98. The lowest BCUT2D eigenvalue weighted by molar-refractivity contribution is -0.132. The summed E-state index contributed by atoms with van der Waals surface area (Å²) in [6.45, 7) is 4.01. The van der Waals surface area contributed by atoms with E-state index < -0.39 is 36.9 Å². The highest BCUT2D eigenvalue weighted by Gasteiger charge is 2.28. The van der Waals surface area contributed by atoms with E-state index in [4.69, 9.17) is 0 Å². The molecular weight excluding hydrogens is 683 g/mol. The Morgan fingerprint density at radius 2 is 0.818 bits per heavy atom. The lowest BCUT2D eigenvalue weighted by Gasteiger charge is -2.27. The molecule has 4 atom stereocenters. The van der Waals surface area contributed by atoms with Gasteiger partial charge in [-0.3, -0.25) is 4.79 Å².